The predicted octanol–water partition coefficient (Wildman–Crippen LogP) is 2.77. The molecule has 4 nitrogen and oxygen atoms in total. The van der Waals surface area contributed by atoms with Gasteiger partial charge in [-0.15, -0.1) is 0 Å². The van der Waals surface area contributed by atoms with Gasteiger partial charge in [0.2, 0.25) is 5.91 Å². The van der Waals surface area contributed by atoms with Gasteiger partial charge in [-0.05, 0) is 24.6 Å². The van der Waals surface area contributed by atoms with Crippen LogP contribution in [-0.4, -0.2) is 19.1 Å². The summed E-state index contributed by atoms with van der Waals surface area (Å²) in [6.07, 6.45) is 0. The molecule has 2 aromatic carbocycles. The molecule has 0 aliphatic heterocycles. The number of anilines is 1. The lowest BCUT2D eigenvalue weighted by atomic mass is 9.98. The molecule has 4 heteroatoms. The van der Waals surface area contributed by atoms with Crippen LogP contribution in [0.25, 0.3) is 0 Å². The van der Waals surface area contributed by atoms with Gasteiger partial charge in [-0.2, -0.15) is 0 Å². The molecule has 0 spiro atoms. The van der Waals surface area contributed by atoms with Gasteiger partial charge in [0, 0.05) is 6.54 Å². The summed E-state index contributed by atoms with van der Waals surface area (Å²) in [6, 6.07) is 16.9. The summed E-state index contributed by atoms with van der Waals surface area (Å²) >= 11 is 0. The minimum atomic E-state index is -0.374. The van der Waals surface area contributed by atoms with Crippen molar-refractivity contribution < 1.29 is 9.53 Å². The molecule has 0 fully saturated rings. The van der Waals surface area contributed by atoms with Crippen molar-refractivity contribution in [3.63, 3.8) is 0 Å². The minimum absolute atomic E-state index is 0.129. The Bertz CT molecular complexity index is 584. The van der Waals surface area contributed by atoms with Crippen molar-refractivity contribution in [1.29, 1.82) is 0 Å². The van der Waals surface area contributed by atoms with Crippen LogP contribution in [0.15, 0.2) is 54.6 Å². The first kappa shape index (κ1) is 15.1. The van der Waals surface area contributed by atoms with Crippen molar-refractivity contribution in [2.75, 3.05) is 18.5 Å². The first-order valence-electron chi connectivity index (χ1n) is 7.04. The number of para-hydroxylation sites is 2. The third-order valence-electron chi connectivity index (χ3n) is 3.20. The number of amides is 1. The van der Waals surface area contributed by atoms with Crippen molar-refractivity contribution in [1.82, 2.24) is 0 Å². The summed E-state index contributed by atoms with van der Waals surface area (Å²) in [5.74, 6) is 0.161. The first-order chi connectivity index (χ1) is 10.3. The van der Waals surface area contributed by atoms with Crippen molar-refractivity contribution >= 4 is 11.6 Å². The van der Waals surface area contributed by atoms with E-state index in [1.807, 2.05) is 61.5 Å². The fraction of sp³-hybridized carbons (Fsp3) is 0.235. The van der Waals surface area contributed by atoms with E-state index in [2.05, 4.69) is 5.32 Å². The molecule has 1 amide bonds. The second kappa shape index (κ2) is 7.45. The van der Waals surface area contributed by atoms with Gasteiger partial charge in [0.1, 0.15) is 5.75 Å². The standard InChI is InChI=1S/C17H20N2O2/c1-2-21-16-11-7-6-10-15(16)19-17(20)14(12-18)13-8-4-3-5-9-13/h3-11,14H,2,12,18H2,1H3,(H,19,20). The number of nitrogens with two attached hydrogens (primary N) is 1. The topological polar surface area (TPSA) is 64.3 Å². The number of nitrogens with one attached hydrogen (secondary N) is 1. The molecule has 0 aromatic heterocycles. The Labute approximate surface area is 124 Å². The summed E-state index contributed by atoms with van der Waals surface area (Å²) in [4.78, 5) is 12.5. The van der Waals surface area contributed by atoms with Crippen molar-refractivity contribution in [2.45, 2.75) is 12.8 Å². The van der Waals surface area contributed by atoms with Gasteiger partial charge in [0.15, 0.2) is 0 Å². The maximum absolute atomic E-state index is 12.5. The van der Waals surface area contributed by atoms with E-state index in [1.54, 1.807) is 0 Å². The Hall–Kier alpha value is -2.33. The molecule has 21 heavy (non-hydrogen) atoms. The highest BCUT2D eigenvalue weighted by atomic mass is 16.5. The molecular formula is C17H20N2O2. The van der Waals surface area contributed by atoms with E-state index in [0.29, 0.717) is 18.0 Å². The monoisotopic (exact) mass is 284 g/mol. The van der Waals surface area contributed by atoms with Gasteiger partial charge in [-0.3, -0.25) is 4.79 Å². The lowest BCUT2D eigenvalue weighted by Gasteiger charge is -2.17. The highest BCUT2D eigenvalue weighted by Crippen LogP contribution is 2.25. The molecule has 0 radical (unpaired) electrons. The number of hydrogen-bond acceptors (Lipinski definition) is 3. The number of carbonyl (C=O) groups is 1. The van der Waals surface area contributed by atoms with Gasteiger partial charge in [0.25, 0.3) is 0 Å². The molecule has 0 heterocycles. The van der Waals surface area contributed by atoms with E-state index >= 15 is 0 Å². The van der Waals surface area contributed by atoms with Crippen LogP contribution in [0, 0.1) is 0 Å². The summed E-state index contributed by atoms with van der Waals surface area (Å²) in [5, 5.41) is 2.90. The average molecular weight is 284 g/mol. The number of carbonyl (C=O) groups excluding carboxylic acids is 1. The molecule has 1 atom stereocenters. The number of hydrogen-bond donors (Lipinski definition) is 2. The zero-order valence-electron chi connectivity index (χ0n) is 12.1. The van der Waals surface area contributed by atoms with Gasteiger partial charge < -0.3 is 15.8 Å². The Morgan fingerprint density at radius 2 is 1.81 bits per heavy atom. The molecule has 1 unspecified atom stereocenters. The molecular weight excluding hydrogens is 264 g/mol. The van der Waals surface area contributed by atoms with Crippen LogP contribution in [-0.2, 0) is 4.79 Å². The van der Waals surface area contributed by atoms with Crippen LogP contribution >= 0.6 is 0 Å². The highest BCUT2D eigenvalue weighted by Gasteiger charge is 2.19. The molecule has 3 N–H and O–H groups in total. The summed E-state index contributed by atoms with van der Waals surface area (Å²) in [6.45, 7) is 2.71. The molecule has 0 saturated heterocycles. The summed E-state index contributed by atoms with van der Waals surface area (Å²) in [5.41, 5.74) is 7.34. The van der Waals surface area contributed by atoms with Crippen LogP contribution in [0.5, 0.6) is 5.75 Å². The van der Waals surface area contributed by atoms with E-state index in [9.17, 15) is 4.79 Å². The summed E-state index contributed by atoms with van der Waals surface area (Å²) < 4.78 is 5.51. The number of rotatable bonds is 6. The van der Waals surface area contributed by atoms with E-state index in [-0.39, 0.29) is 18.4 Å². The van der Waals surface area contributed by atoms with Crippen molar-refractivity contribution in [3.8, 4) is 5.75 Å². The maximum Gasteiger partial charge on any atom is 0.233 e. The Morgan fingerprint density at radius 3 is 2.48 bits per heavy atom. The van der Waals surface area contributed by atoms with E-state index in [0.717, 1.165) is 5.56 Å². The van der Waals surface area contributed by atoms with Gasteiger partial charge >= 0.3 is 0 Å². The average Bonchev–Trinajstić information content (AvgIpc) is 2.51. The second-order valence-electron chi connectivity index (χ2n) is 4.62. The quantitative estimate of drug-likeness (QED) is 0.857. The van der Waals surface area contributed by atoms with Gasteiger partial charge in [0.05, 0.1) is 18.2 Å². The highest BCUT2D eigenvalue weighted by molar-refractivity contribution is 5.97. The van der Waals surface area contributed by atoms with Gasteiger partial charge in [-0.1, -0.05) is 42.5 Å². The van der Waals surface area contributed by atoms with Crippen LogP contribution < -0.4 is 15.8 Å². The number of benzene rings is 2. The lowest BCUT2D eigenvalue weighted by Crippen LogP contribution is -2.27. The Balaban J connectivity index is 2.17. The zero-order valence-corrected chi connectivity index (χ0v) is 12.1. The van der Waals surface area contributed by atoms with Crippen LogP contribution in [0.4, 0.5) is 5.69 Å². The molecule has 110 valence electrons. The van der Waals surface area contributed by atoms with Crippen molar-refractivity contribution in [2.24, 2.45) is 5.73 Å². The van der Waals surface area contributed by atoms with E-state index < -0.39 is 0 Å². The normalized spacial score (nSPS) is 11.7. The lowest BCUT2D eigenvalue weighted by molar-refractivity contribution is -0.117. The van der Waals surface area contributed by atoms with E-state index in [4.69, 9.17) is 10.5 Å². The smallest absolute Gasteiger partial charge is 0.233 e. The third-order valence-corrected chi connectivity index (χ3v) is 3.20. The maximum atomic E-state index is 12.5. The number of ether oxygens (including phenoxy) is 1. The summed E-state index contributed by atoms with van der Waals surface area (Å²) in [7, 11) is 0. The molecule has 2 rings (SSSR count). The fourth-order valence-corrected chi connectivity index (χ4v) is 2.15. The molecule has 0 bridgehead atoms. The largest absolute Gasteiger partial charge is 0.492 e. The van der Waals surface area contributed by atoms with Crippen LogP contribution in [0.2, 0.25) is 0 Å². The molecule has 0 aliphatic carbocycles. The first-order valence-corrected chi connectivity index (χ1v) is 7.04. The fourth-order valence-electron chi connectivity index (χ4n) is 2.15. The van der Waals surface area contributed by atoms with E-state index in [1.165, 1.54) is 0 Å². The SMILES string of the molecule is CCOc1ccccc1NC(=O)C(CN)c1ccccc1. The second-order valence-corrected chi connectivity index (χ2v) is 4.62. The Kier molecular flexibility index (Phi) is 5.35. The molecule has 2 aromatic rings. The van der Waals surface area contributed by atoms with Gasteiger partial charge in [-0.25, -0.2) is 0 Å². The zero-order chi connectivity index (χ0) is 15.1. The predicted molar refractivity (Wildman–Crippen MR) is 84.5 cm³/mol. The Morgan fingerprint density at radius 1 is 1.14 bits per heavy atom. The van der Waals surface area contributed by atoms with Crippen LogP contribution in [0.3, 0.4) is 0 Å². The molecule has 0 aliphatic rings. The van der Waals surface area contributed by atoms with Crippen LogP contribution in [0.1, 0.15) is 18.4 Å². The minimum Gasteiger partial charge on any atom is -0.492 e. The van der Waals surface area contributed by atoms with Crippen molar-refractivity contribution in [3.05, 3.63) is 60.2 Å². The third kappa shape index (κ3) is 3.83. The molecule has 0 saturated carbocycles.